The first-order valence-corrected chi connectivity index (χ1v) is 6.84. The third kappa shape index (κ3) is 2.36. The number of H-pyrrole nitrogens is 1. The Bertz CT molecular complexity index is 908. The average Bonchev–Trinajstić information content (AvgIpc) is 2.79. The first-order chi connectivity index (χ1) is 10.3. The predicted octanol–water partition coefficient (Wildman–Crippen LogP) is 3.54. The lowest BCUT2D eigenvalue weighted by Crippen LogP contribution is -2.22. The van der Waals surface area contributed by atoms with Gasteiger partial charge < -0.3 is 4.98 Å². The van der Waals surface area contributed by atoms with Crippen LogP contribution in [0.4, 0.5) is 13.2 Å². The van der Waals surface area contributed by atoms with Crippen LogP contribution < -0.4 is 5.56 Å². The average molecular weight is 309 g/mol. The first kappa shape index (κ1) is 14.6. The number of hydrogen-bond acceptors (Lipinski definition) is 2. The van der Waals surface area contributed by atoms with Crippen molar-refractivity contribution < 1.29 is 13.2 Å². The van der Waals surface area contributed by atoms with E-state index in [1.54, 1.807) is 24.3 Å². The maximum absolute atomic E-state index is 12.6. The van der Waals surface area contributed by atoms with Crippen LogP contribution in [-0.2, 0) is 0 Å². The van der Waals surface area contributed by atoms with E-state index >= 15 is 0 Å². The summed E-state index contributed by atoms with van der Waals surface area (Å²) < 4.78 is 39.2. The summed E-state index contributed by atoms with van der Waals surface area (Å²) in [6, 6.07) is 7.08. The number of para-hydroxylation sites is 2. The molecular formula is C15H14F3N3O. The highest BCUT2D eigenvalue weighted by Gasteiger charge is 2.32. The molecule has 0 unspecified atom stereocenters. The van der Waals surface area contributed by atoms with E-state index < -0.39 is 18.5 Å². The van der Waals surface area contributed by atoms with Gasteiger partial charge in [0.05, 0.1) is 17.5 Å². The van der Waals surface area contributed by atoms with Gasteiger partial charge in [0.1, 0.15) is 0 Å². The molecule has 0 saturated carbocycles. The summed E-state index contributed by atoms with van der Waals surface area (Å²) in [6.07, 6.45) is -5.27. The second kappa shape index (κ2) is 4.86. The van der Waals surface area contributed by atoms with E-state index in [-0.39, 0.29) is 22.6 Å². The maximum Gasteiger partial charge on any atom is 0.389 e. The molecule has 3 aromatic rings. The largest absolute Gasteiger partial charge is 0.389 e. The van der Waals surface area contributed by atoms with Gasteiger partial charge in [0.15, 0.2) is 0 Å². The third-order valence-electron chi connectivity index (χ3n) is 3.77. The highest BCUT2D eigenvalue weighted by atomic mass is 19.4. The van der Waals surface area contributed by atoms with Gasteiger partial charge >= 0.3 is 6.18 Å². The number of aromatic amines is 1. The molecule has 2 aromatic heterocycles. The van der Waals surface area contributed by atoms with Crippen LogP contribution in [0.1, 0.15) is 30.5 Å². The highest BCUT2D eigenvalue weighted by Crippen LogP contribution is 2.31. The van der Waals surface area contributed by atoms with E-state index in [4.69, 9.17) is 0 Å². The first-order valence-electron chi connectivity index (χ1n) is 6.84. The van der Waals surface area contributed by atoms with Crippen molar-refractivity contribution in [3.63, 3.8) is 0 Å². The fourth-order valence-electron chi connectivity index (χ4n) is 2.75. The van der Waals surface area contributed by atoms with E-state index in [1.807, 2.05) is 0 Å². The predicted molar refractivity (Wildman–Crippen MR) is 77.1 cm³/mol. The van der Waals surface area contributed by atoms with E-state index in [9.17, 15) is 18.0 Å². The van der Waals surface area contributed by atoms with Crippen LogP contribution in [0.2, 0.25) is 0 Å². The molecule has 0 fully saturated rings. The van der Waals surface area contributed by atoms with E-state index in [2.05, 4.69) is 9.97 Å². The summed E-state index contributed by atoms with van der Waals surface area (Å²) >= 11 is 0. The van der Waals surface area contributed by atoms with Crippen molar-refractivity contribution in [3.8, 4) is 0 Å². The summed E-state index contributed by atoms with van der Waals surface area (Å²) in [5, 5.41) is 0. The van der Waals surface area contributed by atoms with Crippen molar-refractivity contribution >= 4 is 16.8 Å². The molecule has 0 saturated heterocycles. The van der Waals surface area contributed by atoms with Crippen LogP contribution in [0.3, 0.4) is 0 Å². The zero-order valence-electron chi connectivity index (χ0n) is 12.0. The van der Waals surface area contributed by atoms with Gasteiger partial charge in [-0.3, -0.25) is 4.79 Å². The minimum Gasteiger partial charge on any atom is -0.328 e. The minimum absolute atomic E-state index is 0.265. The summed E-state index contributed by atoms with van der Waals surface area (Å²) in [4.78, 5) is 19.7. The fraction of sp³-hybridized carbons (Fsp3) is 0.333. The number of hydrogen-bond donors (Lipinski definition) is 1. The third-order valence-corrected chi connectivity index (χ3v) is 3.77. The van der Waals surface area contributed by atoms with Crippen LogP contribution in [0.25, 0.3) is 16.8 Å². The summed E-state index contributed by atoms with van der Waals surface area (Å²) in [5.74, 6) is -0.571. The zero-order valence-corrected chi connectivity index (χ0v) is 12.0. The Morgan fingerprint density at radius 2 is 2.00 bits per heavy atom. The Kier molecular flexibility index (Phi) is 3.23. The number of imidazole rings is 1. The zero-order chi connectivity index (χ0) is 16.1. The van der Waals surface area contributed by atoms with E-state index in [0.29, 0.717) is 11.0 Å². The van der Waals surface area contributed by atoms with Gasteiger partial charge in [-0.2, -0.15) is 13.2 Å². The Labute approximate surface area is 123 Å². The monoisotopic (exact) mass is 309 g/mol. The molecule has 0 amide bonds. The summed E-state index contributed by atoms with van der Waals surface area (Å²) in [6.45, 7) is 2.99. The van der Waals surface area contributed by atoms with Gasteiger partial charge in [-0.25, -0.2) is 9.38 Å². The number of benzene rings is 1. The number of nitrogens with zero attached hydrogens (tertiary/aromatic N) is 2. The molecular weight excluding hydrogens is 295 g/mol. The van der Waals surface area contributed by atoms with Crippen LogP contribution in [0, 0.1) is 6.92 Å². The molecule has 116 valence electrons. The van der Waals surface area contributed by atoms with Crippen molar-refractivity contribution in [1.82, 2.24) is 14.4 Å². The summed E-state index contributed by atoms with van der Waals surface area (Å²) in [5.41, 5.74) is 1.48. The number of alkyl halides is 3. The van der Waals surface area contributed by atoms with Gasteiger partial charge in [0.25, 0.3) is 5.56 Å². The Morgan fingerprint density at radius 3 is 2.68 bits per heavy atom. The molecule has 22 heavy (non-hydrogen) atoms. The SMILES string of the molecule is Cc1c([C@H](C)CC(F)(F)F)[nH]c2nc3ccccc3n2c1=O. The minimum atomic E-state index is -4.28. The number of nitrogens with one attached hydrogen (secondary N) is 1. The van der Waals surface area contributed by atoms with E-state index in [1.165, 1.54) is 18.2 Å². The number of rotatable bonds is 2. The Balaban J connectivity index is 2.24. The van der Waals surface area contributed by atoms with E-state index in [0.717, 1.165) is 0 Å². The quantitative estimate of drug-likeness (QED) is 0.787. The molecule has 2 heterocycles. The number of fused-ring (bicyclic) bond motifs is 3. The standard InChI is InChI=1S/C15H14F3N3O/c1-8(7-15(16,17)18)12-9(2)13(22)21-11-6-4-3-5-10(11)19-14(21)20-12/h3-6,8H,7H2,1-2H3,(H,19,20)/t8-/m1/s1. The lowest BCUT2D eigenvalue weighted by atomic mass is 10.00. The molecule has 3 rings (SSSR count). The van der Waals surface area contributed by atoms with Gasteiger partial charge in [-0.05, 0) is 19.1 Å². The lowest BCUT2D eigenvalue weighted by molar-refractivity contribution is -0.138. The smallest absolute Gasteiger partial charge is 0.328 e. The molecule has 0 aliphatic carbocycles. The molecule has 1 atom stereocenters. The van der Waals surface area contributed by atoms with Crippen LogP contribution >= 0.6 is 0 Å². The number of aromatic nitrogens is 3. The molecule has 0 bridgehead atoms. The molecule has 0 aliphatic rings. The van der Waals surface area contributed by atoms with Crippen molar-refractivity contribution in [1.29, 1.82) is 0 Å². The van der Waals surface area contributed by atoms with Crippen molar-refractivity contribution in [2.24, 2.45) is 0 Å². The van der Waals surface area contributed by atoms with Crippen molar-refractivity contribution in [3.05, 3.63) is 45.9 Å². The Morgan fingerprint density at radius 1 is 1.32 bits per heavy atom. The van der Waals surface area contributed by atoms with Gasteiger partial charge in [-0.1, -0.05) is 19.1 Å². The van der Waals surface area contributed by atoms with Crippen molar-refractivity contribution in [2.45, 2.75) is 32.4 Å². The van der Waals surface area contributed by atoms with Crippen LogP contribution in [-0.4, -0.2) is 20.5 Å². The van der Waals surface area contributed by atoms with Crippen LogP contribution in [0.5, 0.6) is 0 Å². The molecule has 1 N–H and O–H groups in total. The molecule has 4 nitrogen and oxygen atoms in total. The second-order valence-corrected chi connectivity index (χ2v) is 5.45. The normalized spacial score (nSPS) is 13.9. The topological polar surface area (TPSA) is 50.2 Å². The number of halogens is 3. The van der Waals surface area contributed by atoms with Gasteiger partial charge in [0.2, 0.25) is 5.78 Å². The molecule has 0 aliphatic heterocycles. The fourth-order valence-corrected chi connectivity index (χ4v) is 2.75. The maximum atomic E-state index is 12.6. The lowest BCUT2D eigenvalue weighted by Gasteiger charge is -2.16. The van der Waals surface area contributed by atoms with Crippen LogP contribution in [0.15, 0.2) is 29.1 Å². The molecule has 7 heteroatoms. The molecule has 0 radical (unpaired) electrons. The molecule has 1 aromatic carbocycles. The second-order valence-electron chi connectivity index (χ2n) is 5.45. The highest BCUT2D eigenvalue weighted by molar-refractivity contribution is 5.79. The molecule has 0 spiro atoms. The Hall–Kier alpha value is -2.31. The van der Waals surface area contributed by atoms with Gasteiger partial charge in [0, 0.05) is 17.2 Å². The van der Waals surface area contributed by atoms with Gasteiger partial charge in [-0.15, -0.1) is 0 Å². The van der Waals surface area contributed by atoms with Crippen molar-refractivity contribution in [2.75, 3.05) is 0 Å². The summed E-state index contributed by atoms with van der Waals surface area (Å²) in [7, 11) is 0.